The average Bonchev–Trinajstić information content (AvgIpc) is 3.45. The highest BCUT2D eigenvalue weighted by Gasteiger charge is 2.22. The normalized spacial score (nSPS) is 11.3. The molecule has 30 heavy (non-hydrogen) atoms. The van der Waals surface area contributed by atoms with Crippen molar-refractivity contribution in [3.63, 3.8) is 0 Å². The molecule has 4 aromatic rings. The van der Waals surface area contributed by atoms with E-state index >= 15 is 0 Å². The number of rotatable bonds is 6. The number of ketones is 1. The maximum Gasteiger partial charge on any atom is 0.362 e. The summed E-state index contributed by atoms with van der Waals surface area (Å²) in [6, 6.07) is 18.9. The van der Waals surface area contributed by atoms with E-state index in [1.54, 1.807) is 36.4 Å². The van der Waals surface area contributed by atoms with Crippen LogP contribution >= 0.6 is 0 Å². The minimum absolute atomic E-state index is 0.0597. The predicted octanol–water partition coefficient (Wildman–Crippen LogP) is 3.74. The molecule has 0 N–H and O–H groups in total. The lowest BCUT2D eigenvalue weighted by atomic mass is 10.1. The molecule has 0 saturated carbocycles. The Kier molecular flexibility index (Phi) is 5.29. The molecule has 0 radical (unpaired) electrons. The highest BCUT2D eigenvalue weighted by atomic mass is 16.5. The average molecular weight is 400 g/mol. The molecule has 0 aliphatic rings. The van der Waals surface area contributed by atoms with Crippen molar-refractivity contribution in [1.82, 2.24) is 20.2 Å². The van der Waals surface area contributed by atoms with Crippen LogP contribution in [-0.2, 0) is 4.79 Å². The van der Waals surface area contributed by atoms with E-state index in [4.69, 9.17) is 9.15 Å². The number of hydrogen-bond acceptors (Lipinski definition) is 7. The topological polar surface area (TPSA) is 100 Å². The molecule has 0 fully saturated rings. The zero-order valence-electron chi connectivity index (χ0n) is 15.9. The van der Waals surface area contributed by atoms with E-state index in [2.05, 4.69) is 15.5 Å². The Morgan fingerprint density at radius 2 is 1.77 bits per heavy atom. The van der Waals surface area contributed by atoms with Gasteiger partial charge in [-0.15, -0.1) is 5.10 Å². The summed E-state index contributed by atoms with van der Waals surface area (Å²) in [4.78, 5) is 24.5. The summed E-state index contributed by atoms with van der Waals surface area (Å²) in [6.07, 6.45) is 2.99. The van der Waals surface area contributed by atoms with Crippen LogP contribution < -0.4 is 4.74 Å². The van der Waals surface area contributed by atoms with Crippen molar-refractivity contribution in [3.05, 3.63) is 84.3 Å². The largest absolute Gasteiger partial charge is 0.465 e. The van der Waals surface area contributed by atoms with E-state index in [0.29, 0.717) is 17.1 Å². The number of carbonyl (C=O) groups excluding carboxylic acids is 2. The van der Waals surface area contributed by atoms with Crippen LogP contribution in [0.25, 0.3) is 23.2 Å². The van der Waals surface area contributed by atoms with Gasteiger partial charge in [0.25, 0.3) is 0 Å². The second kappa shape index (κ2) is 8.36. The second-order valence-corrected chi connectivity index (χ2v) is 6.30. The zero-order chi connectivity index (χ0) is 20.9. The molecule has 8 heteroatoms. The van der Waals surface area contributed by atoms with Gasteiger partial charge in [-0.1, -0.05) is 30.3 Å². The van der Waals surface area contributed by atoms with Crippen molar-refractivity contribution in [3.8, 4) is 17.1 Å². The van der Waals surface area contributed by atoms with Crippen molar-refractivity contribution in [2.24, 2.45) is 0 Å². The Morgan fingerprint density at radius 3 is 2.43 bits per heavy atom. The van der Waals surface area contributed by atoms with Crippen molar-refractivity contribution in [2.75, 3.05) is 0 Å². The van der Waals surface area contributed by atoms with Gasteiger partial charge in [0.2, 0.25) is 0 Å². The van der Waals surface area contributed by atoms with E-state index in [1.807, 2.05) is 30.3 Å². The van der Waals surface area contributed by atoms with Crippen LogP contribution in [0.3, 0.4) is 0 Å². The monoisotopic (exact) mass is 400 g/mol. The summed E-state index contributed by atoms with van der Waals surface area (Å²) in [7, 11) is 0. The fourth-order valence-electron chi connectivity index (χ4n) is 2.75. The number of aromatic nitrogens is 4. The predicted molar refractivity (Wildman–Crippen MR) is 108 cm³/mol. The minimum Gasteiger partial charge on any atom is -0.465 e. The molecule has 0 saturated heterocycles. The standard InChI is InChI=1S/C22H16N4O4/c1-15(27)16-9-11-18(12-10-16)30-22(28)20(14-19-8-5-13-29-19)26-21(23-24-25-26)17-6-3-2-4-7-17/h2-14H,1H3/b20-14-. The van der Waals surface area contributed by atoms with E-state index in [1.165, 1.54) is 23.9 Å². The first-order valence-electron chi connectivity index (χ1n) is 9.04. The molecule has 0 atom stereocenters. The molecule has 0 aliphatic carbocycles. The molecule has 0 aliphatic heterocycles. The lowest BCUT2D eigenvalue weighted by Crippen LogP contribution is -2.17. The van der Waals surface area contributed by atoms with Gasteiger partial charge in [0, 0.05) is 17.2 Å². The number of esters is 1. The van der Waals surface area contributed by atoms with Crippen LogP contribution in [0.2, 0.25) is 0 Å². The Bertz CT molecular complexity index is 1190. The van der Waals surface area contributed by atoms with Gasteiger partial charge < -0.3 is 9.15 Å². The van der Waals surface area contributed by atoms with Gasteiger partial charge in [0.05, 0.1) is 6.26 Å². The number of benzene rings is 2. The third kappa shape index (κ3) is 4.07. The quantitative estimate of drug-likeness (QED) is 0.210. The van der Waals surface area contributed by atoms with E-state index < -0.39 is 5.97 Å². The van der Waals surface area contributed by atoms with Crippen LogP contribution in [0.1, 0.15) is 23.0 Å². The number of furan rings is 1. The van der Waals surface area contributed by atoms with Gasteiger partial charge in [-0.3, -0.25) is 4.79 Å². The second-order valence-electron chi connectivity index (χ2n) is 6.30. The highest BCUT2D eigenvalue weighted by molar-refractivity contribution is 6.16. The van der Waals surface area contributed by atoms with Gasteiger partial charge in [0.15, 0.2) is 17.3 Å². The number of nitrogens with zero attached hydrogens (tertiary/aromatic N) is 4. The van der Waals surface area contributed by atoms with Crippen molar-refractivity contribution >= 4 is 23.5 Å². The smallest absolute Gasteiger partial charge is 0.362 e. The lowest BCUT2D eigenvalue weighted by molar-refractivity contribution is -0.128. The first kappa shape index (κ1) is 19.0. The molecule has 0 spiro atoms. The van der Waals surface area contributed by atoms with E-state index in [9.17, 15) is 9.59 Å². The molecule has 2 aromatic carbocycles. The summed E-state index contributed by atoms with van der Waals surface area (Å²) in [6.45, 7) is 1.47. The number of tetrazole rings is 1. The number of ether oxygens (including phenoxy) is 1. The molecule has 4 rings (SSSR count). The van der Waals surface area contributed by atoms with Crippen molar-refractivity contribution in [1.29, 1.82) is 0 Å². The van der Waals surface area contributed by atoms with Crippen LogP contribution in [0.5, 0.6) is 5.75 Å². The maximum atomic E-state index is 13.0. The van der Waals surface area contributed by atoms with Crippen LogP contribution in [0, 0.1) is 0 Å². The van der Waals surface area contributed by atoms with Crippen LogP contribution in [-0.4, -0.2) is 32.0 Å². The number of Topliss-reactive ketones (excluding diaryl/α,β-unsaturated/α-hetero) is 1. The molecular formula is C22H16N4O4. The van der Waals surface area contributed by atoms with Crippen molar-refractivity contribution in [2.45, 2.75) is 6.92 Å². The first-order chi connectivity index (χ1) is 14.6. The lowest BCUT2D eigenvalue weighted by Gasteiger charge is -2.10. The SMILES string of the molecule is CC(=O)c1ccc(OC(=O)/C(=C/c2ccco2)n2nnnc2-c2ccccc2)cc1. The van der Waals surface area contributed by atoms with Gasteiger partial charge in [-0.2, -0.15) is 4.68 Å². The third-order valence-corrected chi connectivity index (χ3v) is 4.23. The van der Waals surface area contributed by atoms with Gasteiger partial charge >= 0.3 is 5.97 Å². The van der Waals surface area contributed by atoms with Gasteiger partial charge in [-0.05, 0) is 53.7 Å². The molecule has 148 valence electrons. The Labute approximate surface area is 171 Å². The molecule has 8 nitrogen and oxygen atoms in total. The number of hydrogen-bond donors (Lipinski definition) is 0. The summed E-state index contributed by atoms with van der Waals surface area (Å²) >= 11 is 0. The Morgan fingerprint density at radius 1 is 1.00 bits per heavy atom. The molecular weight excluding hydrogens is 384 g/mol. The van der Waals surface area contributed by atoms with Crippen LogP contribution in [0.4, 0.5) is 0 Å². The van der Waals surface area contributed by atoms with E-state index in [-0.39, 0.29) is 17.2 Å². The molecule has 0 amide bonds. The van der Waals surface area contributed by atoms with Crippen LogP contribution in [0.15, 0.2) is 77.4 Å². The number of carbonyl (C=O) groups is 2. The summed E-state index contributed by atoms with van der Waals surface area (Å²) in [5.41, 5.74) is 1.31. The Balaban J connectivity index is 1.71. The molecule has 0 bridgehead atoms. The zero-order valence-corrected chi connectivity index (χ0v) is 15.9. The fraction of sp³-hybridized carbons (Fsp3) is 0.0455. The minimum atomic E-state index is -0.688. The van der Waals surface area contributed by atoms with E-state index in [0.717, 1.165) is 5.56 Å². The Hall–Kier alpha value is -4.33. The summed E-state index contributed by atoms with van der Waals surface area (Å²) in [5.74, 6) is 0.323. The fourth-order valence-corrected chi connectivity index (χ4v) is 2.75. The van der Waals surface area contributed by atoms with Gasteiger partial charge in [0.1, 0.15) is 11.5 Å². The van der Waals surface area contributed by atoms with Gasteiger partial charge in [-0.25, -0.2) is 4.79 Å². The summed E-state index contributed by atoms with van der Waals surface area (Å²) in [5, 5.41) is 11.7. The molecule has 2 heterocycles. The third-order valence-electron chi connectivity index (χ3n) is 4.23. The molecule has 2 aromatic heterocycles. The summed E-state index contributed by atoms with van der Waals surface area (Å²) < 4.78 is 12.1. The van der Waals surface area contributed by atoms with Crippen molar-refractivity contribution < 1.29 is 18.7 Å². The highest BCUT2D eigenvalue weighted by Crippen LogP contribution is 2.22. The maximum absolute atomic E-state index is 13.0. The molecule has 0 unspecified atom stereocenters. The first-order valence-corrected chi connectivity index (χ1v) is 9.04.